The maximum Gasteiger partial charge on any atom is 0.230 e. The van der Waals surface area contributed by atoms with Gasteiger partial charge in [0.15, 0.2) is 0 Å². The summed E-state index contributed by atoms with van der Waals surface area (Å²) < 4.78 is 11.2. The average molecular weight is 405 g/mol. The molecule has 3 aromatic rings. The molecule has 0 radical (unpaired) electrons. The summed E-state index contributed by atoms with van der Waals surface area (Å²) in [5.41, 5.74) is 2.77. The monoisotopic (exact) mass is 405 g/mol. The Morgan fingerprint density at radius 2 is 2.03 bits per heavy atom. The fourth-order valence-corrected chi connectivity index (χ4v) is 3.53. The lowest BCUT2D eigenvalue weighted by molar-refractivity contribution is -0.117. The van der Waals surface area contributed by atoms with Crippen LogP contribution in [0.25, 0.3) is 11.5 Å². The van der Waals surface area contributed by atoms with Crippen molar-refractivity contribution in [3.8, 4) is 17.2 Å². The SMILES string of the molecule is COc1cc(NC(=O)Cc2nc(-c3ccccc3)oc2C)ccc1N1CCCC1=O. The summed E-state index contributed by atoms with van der Waals surface area (Å²) in [6, 6.07) is 14.9. The van der Waals surface area contributed by atoms with Crippen LogP contribution in [0.1, 0.15) is 24.3 Å². The Bertz CT molecular complexity index is 1080. The molecule has 30 heavy (non-hydrogen) atoms. The summed E-state index contributed by atoms with van der Waals surface area (Å²) in [5, 5.41) is 2.87. The molecule has 1 aliphatic rings. The number of methoxy groups -OCH3 is 1. The lowest BCUT2D eigenvalue weighted by atomic mass is 10.2. The van der Waals surface area contributed by atoms with E-state index in [1.807, 2.05) is 30.3 Å². The number of nitrogens with zero attached hydrogens (tertiary/aromatic N) is 2. The highest BCUT2D eigenvalue weighted by Gasteiger charge is 2.24. The summed E-state index contributed by atoms with van der Waals surface area (Å²) in [6.07, 6.45) is 1.48. The van der Waals surface area contributed by atoms with Crippen LogP contribution in [0, 0.1) is 6.92 Å². The first kappa shape index (κ1) is 19.7. The van der Waals surface area contributed by atoms with Crippen LogP contribution in [-0.4, -0.2) is 30.5 Å². The number of rotatable bonds is 6. The van der Waals surface area contributed by atoms with Crippen molar-refractivity contribution in [2.75, 3.05) is 23.9 Å². The van der Waals surface area contributed by atoms with Crippen molar-refractivity contribution in [2.45, 2.75) is 26.2 Å². The number of carbonyl (C=O) groups excluding carboxylic acids is 2. The van der Waals surface area contributed by atoms with Crippen molar-refractivity contribution in [2.24, 2.45) is 0 Å². The number of aromatic nitrogens is 1. The molecule has 0 aliphatic carbocycles. The second-order valence-electron chi connectivity index (χ2n) is 7.15. The van der Waals surface area contributed by atoms with Gasteiger partial charge in [-0.25, -0.2) is 4.98 Å². The minimum absolute atomic E-state index is 0.0841. The molecule has 1 aliphatic heterocycles. The standard InChI is InChI=1S/C23H23N3O4/c1-15-18(25-23(30-15)16-7-4-3-5-8-16)14-21(27)24-17-10-11-19(20(13-17)29-2)26-12-6-9-22(26)28/h3-5,7-8,10-11,13H,6,9,12,14H2,1-2H3,(H,24,27). The fourth-order valence-electron chi connectivity index (χ4n) is 3.53. The minimum atomic E-state index is -0.210. The zero-order valence-corrected chi connectivity index (χ0v) is 17.0. The van der Waals surface area contributed by atoms with E-state index < -0.39 is 0 Å². The van der Waals surface area contributed by atoms with E-state index in [4.69, 9.17) is 9.15 Å². The number of hydrogen-bond acceptors (Lipinski definition) is 5. The Hall–Kier alpha value is -3.61. The van der Waals surface area contributed by atoms with Gasteiger partial charge in [-0.3, -0.25) is 9.59 Å². The van der Waals surface area contributed by atoms with Gasteiger partial charge in [0.05, 0.1) is 24.9 Å². The van der Waals surface area contributed by atoms with Gasteiger partial charge in [-0.2, -0.15) is 0 Å². The molecule has 2 heterocycles. The molecule has 2 aromatic carbocycles. The van der Waals surface area contributed by atoms with Gasteiger partial charge in [0.25, 0.3) is 0 Å². The Labute approximate surface area is 174 Å². The lowest BCUT2D eigenvalue weighted by Gasteiger charge is -2.19. The van der Waals surface area contributed by atoms with E-state index in [0.29, 0.717) is 41.7 Å². The number of benzene rings is 2. The van der Waals surface area contributed by atoms with Crippen LogP contribution in [-0.2, 0) is 16.0 Å². The second-order valence-corrected chi connectivity index (χ2v) is 7.15. The summed E-state index contributed by atoms with van der Waals surface area (Å²) >= 11 is 0. The van der Waals surface area contributed by atoms with Crippen molar-refractivity contribution < 1.29 is 18.7 Å². The van der Waals surface area contributed by atoms with E-state index in [-0.39, 0.29) is 18.2 Å². The molecule has 0 spiro atoms. The first-order valence-electron chi connectivity index (χ1n) is 9.85. The Morgan fingerprint density at radius 3 is 2.73 bits per heavy atom. The van der Waals surface area contributed by atoms with Crippen LogP contribution in [0.3, 0.4) is 0 Å². The van der Waals surface area contributed by atoms with E-state index in [2.05, 4.69) is 10.3 Å². The minimum Gasteiger partial charge on any atom is -0.494 e. The van der Waals surface area contributed by atoms with Crippen molar-refractivity contribution in [3.05, 3.63) is 60.0 Å². The summed E-state index contributed by atoms with van der Waals surface area (Å²) in [7, 11) is 1.55. The van der Waals surface area contributed by atoms with E-state index in [9.17, 15) is 9.59 Å². The molecule has 7 heteroatoms. The predicted octanol–water partition coefficient (Wildman–Crippen LogP) is 3.97. The van der Waals surface area contributed by atoms with E-state index in [0.717, 1.165) is 17.7 Å². The molecule has 1 fully saturated rings. The number of nitrogens with one attached hydrogen (secondary N) is 1. The topological polar surface area (TPSA) is 84.7 Å². The average Bonchev–Trinajstić information content (AvgIpc) is 3.34. The second kappa shape index (κ2) is 8.41. The molecule has 0 atom stereocenters. The van der Waals surface area contributed by atoms with E-state index in [1.165, 1.54) is 0 Å². The van der Waals surface area contributed by atoms with Gasteiger partial charge < -0.3 is 19.4 Å². The van der Waals surface area contributed by atoms with Crippen LogP contribution in [0.2, 0.25) is 0 Å². The zero-order chi connectivity index (χ0) is 21.1. The molecular weight excluding hydrogens is 382 g/mol. The van der Waals surface area contributed by atoms with E-state index in [1.54, 1.807) is 37.1 Å². The van der Waals surface area contributed by atoms with Gasteiger partial charge in [-0.05, 0) is 37.6 Å². The number of amides is 2. The van der Waals surface area contributed by atoms with Crippen molar-refractivity contribution in [1.82, 2.24) is 4.98 Å². The maximum absolute atomic E-state index is 12.6. The first-order valence-corrected chi connectivity index (χ1v) is 9.85. The van der Waals surface area contributed by atoms with Gasteiger partial charge in [0.2, 0.25) is 17.7 Å². The molecule has 4 rings (SSSR count). The zero-order valence-electron chi connectivity index (χ0n) is 17.0. The molecule has 0 saturated carbocycles. The molecule has 0 unspecified atom stereocenters. The molecule has 2 amide bonds. The number of anilines is 2. The number of oxazole rings is 1. The van der Waals surface area contributed by atoms with Crippen LogP contribution in [0.4, 0.5) is 11.4 Å². The quantitative estimate of drug-likeness (QED) is 0.671. The van der Waals surface area contributed by atoms with Crippen molar-refractivity contribution >= 4 is 23.2 Å². The summed E-state index contributed by atoms with van der Waals surface area (Å²) in [5.74, 6) is 1.53. The van der Waals surface area contributed by atoms with Crippen LogP contribution >= 0.6 is 0 Å². The van der Waals surface area contributed by atoms with E-state index >= 15 is 0 Å². The highest BCUT2D eigenvalue weighted by atomic mass is 16.5. The van der Waals surface area contributed by atoms with Crippen molar-refractivity contribution in [3.63, 3.8) is 0 Å². The largest absolute Gasteiger partial charge is 0.494 e. The van der Waals surface area contributed by atoms with Crippen LogP contribution in [0.15, 0.2) is 52.9 Å². The Morgan fingerprint density at radius 1 is 1.23 bits per heavy atom. The third kappa shape index (κ3) is 4.05. The van der Waals surface area contributed by atoms with Crippen molar-refractivity contribution in [1.29, 1.82) is 0 Å². The van der Waals surface area contributed by atoms with Gasteiger partial charge >= 0.3 is 0 Å². The Balaban J connectivity index is 1.47. The number of carbonyl (C=O) groups is 2. The normalized spacial score (nSPS) is 13.5. The molecular formula is C23H23N3O4. The molecule has 7 nitrogen and oxygen atoms in total. The molecule has 1 saturated heterocycles. The third-order valence-corrected chi connectivity index (χ3v) is 5.07. The highest BCUT2D eigenvalue weighted by molar-refractivity contribution is 5.98. The highest BCUT2D eigenvalue weighted by Crippen LogP contribution is 2.34. The number of hydrogen-bond donors (Lipinski definition) is 1. The van der Waals surface area contributed by atoms with Gasteiger partial charge in [-0.1, -0.05) is 18.2 Å². The smallest absolute Gasteiger partial charge is 0.230 e. The lowest BCUT2D eigenvalue weighted by Crippen LogP contribution is -2.24. The molecule has 0 bridgehead atoms. The first-order chi connectivity index (χ1) is 14.5. The van der Waals surface area contributed by atoms with Crippen LogP contribution in [0.5, 0.6) is 5.75 Å². The van der Waals surface area contributed by atoms with Gasteiger partial charge in [0.1, 0.15) is 11.5 Å². The van der Waals surface area contributed by atoms with Crippen LogP contribution < -0.4 is 15.0 Å². The summed E-state index contributed by atoms with van der Waals surface area (Å²) in [6.45, 7) is 2.48. The predicted molar refractivity (Wildman–Crippen MR) is 114 cm³/mol. The molecule has 154 valence electrons. The molecule has 1 N–H and O–H groups in total. The number of ether oxygens (including phenoxy) is 1. The third-order valence-electron chi connectivity index (χ3n) is 5.07. The fraction of sp³-hybridized carbons (Fsp3) is 0.261. The summed E-state index contributed by atoms with van der Waals surface area (Å²) in [4.78, 5) is 30.8. The number of aryl methyl sites for hydroxylation is 1. The Kier molecular flexibility index (Phi) is 5.52. The van der Waals surface area contributed by atoms with Gasteiger partial charge in [0, 0.05) is 30.3 Å². The van der Waals surface area contributed by atoms with Gasteiger partial charge in [-0.15, -0.1) is 0 Å². The molecule has 1 aromatic heterocycles. The maximum atomic E-state index is 12.6.